The lowest BCUT2D eigenvalue weighted by molar-refractivity contribution is -0.128. The zero-order valence-corrected chi connectivity index (χ0v) is 67.5. The fourth-order valence-corrected chi connectivity index (χ4v) is 8.07. The van der Waals surface area contributed by atoms with Gasteiger partial charge in [-0.2, -0.15) is 0 Å². The Morgan fingerprint density at radius 1 is 0.341 bits per heavy atom. The van der Waals surface area contributed by atoms with Crippen LogP contribution in [0.15, 0.2) is 24.3 Å². The van der Waals surface area contributed by atoms with Crippen LogP contribution in [0.3, 0.4) is 0 Å². The second kappa shape index (κ2) is 41.2. The molecule has 534 valence electrons. The van der Waals surface area contributed by atoms with E-state index >= 15 is 0 Å². The molecule has 12 heteroatoms. The molecule has 91 heavy (non-hydrogen) atoms. The molecule has 0 fully saturated rings. The van der Waals surface area contributed by atoms with E-state index in [9.17, 15) is 14.4 Å². The highest BCUT2D eigenvalue weighted by molar-refractivity contribution is 5.88. The predicted molar refractivity (Wildman–Crippen MR) is 400 cm³/mol. The molecule has 0 aliphatic heterocycles. The first kappa shape index (κ1) is 92.2. The van der Waals surface area contributed by atoms with Gasteiger partial charge in [0.25, 0.3) is 0 Å². The minimum absolute atomic E-state index is 0.0126. The van der Waals surface area contributed by atoms with Crippen LogP contribution in [0, 0.1) is 28.6 Å². The average molecular weight is 1280 g/mol. The van der Waals surface area contributed by atoms with Crippen molar-refractivity contribution in [3.63, 3.8) is 0 Å². The number of carbonyl (C=O) groups is 3. The van der Waals surface area contributed by atoms with E-state index in [2.05, 4.69) is 277 Å². The second-order valence-corrected chi connectivity index (χ2v) is 36.9. The Labute approximate surface area is 566 Å². The number of hydrogen-bond donors (Lipinski definition) is 4. The van der Waals surface area contributed by atoms with E-state index in [4.69, 9.17) is 9.97 Å². The lowest BCUT2D eigenvalue weighted by atomic mass is 9.76. The van der Waals surface area contributed by atoms with Gasteiger partial charge in [-0.15, -0.1) is 0 Å². The summed E-state index contributed by atoms with van der Waals surface area (Å²) < 4.78 is 0. The fourth-order valence-electron chi connectivity index (χ4n) is 8.07. The van der Waals surface area contributed by atoms with Crippen molar-refractivity contribution in [2.75, 3.05) is 72.2 Å². The number of benzene rings is 1. The second-order valence-electron chi connectivity index (χ2n) is 36.9. The molecule has 1 aromatic carbocycles. The summed E-state index contributed by atoms with van der Waals surface area (Å²) >= 11 is 0. The van der Waals surface area contributed by atoms with Gasteiger partial charge >= 0.3 is 0 Å². The summed E-state index contributed by atoms with van der Waals surface area (Å²) in [4.78, 5) is 51.6. The van der Waals surface area contributed by atoms with Gasteiger partial charge in [-0.05, 0) is 90.4 Å². The van der Waals surface area contributed by atoms with Gasteiger partial charge in [0, 0.05) is 122 Å². The predicted octanol–water partition coefficient (Wildman–Crippen LogP) is 17.3. The Balaban J connectivity index is -0.00000109. The largest absolute Gasteiger partial charge is 0.313 e. The molecule has 12 nitrogen and oxygen atoms in total. The molecule has 1 heterocycles. The van der Waals surface area contributed by atoms with E-state index in [0.717, 1.165) is 69.8 Å². The van der Waals surface area contributed by atoms with Crippen molar-refractivity contribution in [1.82, 2.24) is 45.9 Å². The summed E-state index contributed by atoms with van der Waals surface area (Å²) in [5.41, 5.74) is 8.34. The Bertz CT molecular complexity index is 1970. The van der Waals surface area contributed by atoms with E-state index in [0.29, 0.717) is 35.0 Å². The summed E-state index contributed by atoms with van der Waals surface area (Å²) in [7, 11) is 0. The first-order valence-electron chi connectivity index (χ1n) is 35.4. The van der Waals surface area contributed by atoms with Crippen LogP contribution in [0.2, 0.25) is 0 Å². The van der Waals surface area contributed by atoms with Crippen molar-refractivity contribution in [1.29, 1.82) is 0 Å². The minimum Gasteiger partial charge on any atom is -0.313 e. The van der Waals surface area contributed by atoms with Gasteiger partial charge in [-0.1, -0.05) is 254 Å². The highest BCUT2D eigenvalue weighted by Gasteiger charge is 2.28. The first-order valence-corrected chi connectivity index (χ1v) is 35.4. The number of rotatable bonds is 27. The van der Waals surface area contributed by atoms with E-state index in [1.54, 1.807) is 4.90 Å². The molecule has 1 aromatic heterocycles. The monoisotopic (exact) mass is 1280 g/mol. The molecule has 0 saturated carbocycles. The number of Topliss-reactive ketones (excluding diaryl/α,β-unsaturated/α-hetero) is 3. The Morgan fingerprint density at radius 3 is 0.780 bits per heavy atom. The van der Waals surface area contributed by atoms with Crippen LogP contribution in [-0.2, 0) is 46.9 Å². The van der Waals surface area contributed by atoms with E-state index in [-0.39, 0.29) is 87.2 Å². The van der Waals surface area contributed by atoms with Crippen LogP contribution >= 0.6 is 0 Å². The lowest BCUT2D eigenvalue weighted by Gasteiger charge is -2.30. The van der Waals surface area contributed by atoms with Crippen LogP contribution < -0.4 is 21.3 Å². The zero-order valence-electron chi connectivity index (χ0n) is 67.5. The van der Waals surface area contributed by atoms with E-state index < -0.39 is 0 Å². The van der Waals surface area contributed by atoms with E-state index in [1.807, 2.05) is 41.5 Å². The fraction of sp³-hybridized carbons (Fsp3) is 0.835. The molecule has 0 saturated heterocycles. The maximum atomic E-state index is 11.8. The average Bonchev–Trinajstić information content (AvgIpc) is 1.06. The smallest absolute Gasteiger partial charge is 0.149 e. The molecule has 0 atom stereocenters. The number of ketones is 3. The lowest BCUT2D eigenvalue weighted by Crippen LogP contribution is -2.48. The summed E-state index contributed by atoms with van der Waals surface area (Å²) in [6.45, 7) is 91.6. The minimum atomic E-state index is -0.0780. The highest BCUT2D eigenvalue weighted by Crippen LogP contribution is 2.35. The maximum Gasteiger partial charge on any atom is 0.149 e. The molecule has 0 unspecified atom stereocenters. The third-order valence-electron chi connectivity index (χ3n) is 15.3. The van der Waals surface area contributed by atoms with Gasteiger partial charge in [-0.3, -0.25) is 29.1 Å². The number of aromatic nitrogens is 2. The SMILES string of the molecule is CC(C)(C)CCC(C)(C)C.CC(C)(C)c1cc(C(C)(C)C)cc(C(C)(C)C)c1.CC(C)(C)c1cc(C(C)(C)C)nc(C(C)(C)C)n1.CC(C)C(=O)CN(CC(=O)C(C)C)CC(=O)C(C)C.CC(C)NCCN(CCN(CCNC(C)C)CNC(C)C)CNC(C)C. The summed E-state index contributed by atoms with van der Waals surface area (Å²) in [5, 5.41) is 14.2. The molecule has 2 rings (SSSR count). The van der Waals surface area contributed by atoms with E-state index in [1.165, 1.54) is 29.5 Å². The van der Waals surface area contributed by atoms with Gasteiger partial charge in [0.1, 0.15) is 23.2 Å². The van der Waals surface area contributed by atoms with Gasteiger partial charge < -0.3 is 21.3 Å². The van der Waals surface area contributed by atoms with Gasteiger partial charge in [-0.25, -0.2) is 9.97 Å². The van der Waals surface area contributed by atoms with Crippen molar-refractivity contribution < 1.29 is 14.4 Å². The molecule has 4 N–H and O–H groups in total. The topological polar surface area (TPSA) is 135 Å². The summed E-state index contributed by atoms with van der Waals surface area (Å²) in [6, 6.07) is 11.4. The van der Waals surface area contributed by atoms with Crippen LogP contribution in [0.5, 0.6) is 0 Å². The van der Waals surface area contributed by atoms with Crippen molar-refractivity contribution in [3.05, 3.63) is 58.2 Å². The maximum absolute atomic E-state index is 11.8. The molecule has 0 radical (unpaired) electrons. The first-order chi connectivity index (χ1) is 40.7. The van der Waals surface area contributed by atoms with Crippen LogP contribution in [-0.4, -0.2) is 138 Å². The molecule has 0 amide bonds. The standard InChI is InChI=1S/C20H48N6.C18H30.C16H28N2.C15H27NO3.C10H22/c1-17(2)21-9-11-25(15-23-19(5)6)13-14-26(16-24-20(7)8)12-10-22-18(3)4;1-16(2,3)13-10-14(17(4,5)6)12-15(11-13)18(7,8)9;1-14(2,3)11-10-12(15(4,5)6)18-13(17-11)16(7,8)9;1-10(2)13(17)7-16(8-14(18)11(3)4)9-15(19)12(5)6;1-9(2,3)7-8-10(4,5)6/h17-24H,9-16H2,1-8H3;10-12H,1-9H3;10H,1-9H3;10-12H,7-9H2,1-6H3;7-8H2,1-6H3. The van der Waals surface area contributed by atoms with Gasteiger partial charge in [0.2, 0.25) is 0 Å². The third kappa shape index (κ3) is 47.6. The quantitative estimate of drug-likeness (QED) is 0.0635. The molecular weight excluding hydrogens is 1120 g/mol. The van der Waals surface area contributed by atoms with Crippen molar-refractivity contribution in [2.24, 2.45) is 28.6 Å². The Kier molecular flexibility index (Phi) is 41.8. The molecule has 0 bridgehead atoms. The third-order valence-corrected chi connectivity index (χ3v) is 15.3. The summed E-state index contributed by atoms with van der Waals surface area (Å²) in [6.07, 6.45) is 2.66. The molecule has 0 aliphatic rings. The molecule has 0 spiro atoms. The van der Waals surface area contributed by atoms with Crippen molar-refractivity contribution in [2.45, 2.75) is 333 Å². The van der Waals surface area contributed by atoms with Crippen LogP contribution in [0.25, 0.3) is 0 Å². The van der Waals surface area contributed by atoms with Gasteiger partial charge in [0.05, 0.1) is 19.6 Å². The Hall–Kier alpha value is -2.97. The van der Waals surface area contributed by atoms with Crippen LogP contribution in [0.1, 0.15) is 310 Å². The van der Waals surface area contributed by atoms with Crippen molar-refractivity contribution in [3.8, 4) is 0 Å². The number of carbonyl (C=O) groups excluding carboxylic acids is 3. The normalized spacial score (nSPS) is 13.1. The molecule has 2 aromatic rings. The summed E-state index contributed by atoms with van der Waals surface area (Å²) in [5.74, 6) is 0.900. The Morgan fingerprint density at radius 2 is 0.593 bits per heavy atom. The number of nitrogens with zero attached hydrogens (tertiary/aromatic N) is 5. The molecule has 0 aliphatic carbocycles. The van der Waals surface area contributed by atoms with Gasteiger partial charge in [0.15, 0.2) is 0 Å². The van der Waals surface area contributed by atoms with Crippen LogP contribution in [0.4, 0.5) is 0 Å². The number of nitrogens with one attached hydrogen (secondary N) is 4. The number of hydrogen-bond acceptors (Lipinski definition) is 12. The van der Waals surface area contributed by atoms with Crippen molar-refractivity contribution >= 4 is 17.3 Å². The zero-order chi connectivity index (χ0) is 72.2. The highest BCUT2D eigenvalue weighted by atomic mass is 16.1. The molecular formula is C79H155N9O3.